The second-order valence-electron chi connectivity index (χ2n) is 6.22. The van der Waals surface area contributed by atoms with Gasteiger partial charge in [-0.15, -0.1) is 0 Å². The number of rotatable bonds is 6. The third kappa shape index (κ3) is 7.08. The summed E-state index contributed by atoms with van der Waals surface area (Å²) < 4.78 is 6.01. The number of nitrogens with zero attached hydrogens (tertiary/aromatic N) is 1. The molecule has 5 nitrogen and oxygen atoms in total. The van der Waals surface area contributed by atoms with Crippen LogP contribution in [0.25, 0.3) is 0 Å². The van der Waals surface area contributed by atoms with Gasteiger partial charge in [-0.25, -0.2) is 4.79 Å². The minimum atomic E-state index is -0.802. The summed E-state index contributed by atoms with van der Waals surface area (Å²) in [5.74, 6) is 0. The number of amides is 1. The average molecular weight is 409 g/mol. The van der Waals surface area contributed by atoms with E-state index >= 15 is 0 Å². The standard InChI is InChI=1S/C16H23BrClNO4/c1-16(2,3)23-15(22)19(7-8-20)10-12(21)9-11-5-4-6-13(18)14(11)17/h4-6,12,20-21H,7-10H2,1-3H3. The van der Waals surface area contributed by atoms with Gasteiger partial charge in [-0.2, -0.15) is 0 Å². The zero-order valence-electron chi connectivity index (χ0n) is 13.6. The fraction of sp³-hybridized carbons (Fsp3) is 0.562. The van der Waals surface area contributed by atoms with Gasteiger partial charge in [0.15, 0.2) is 0 Å². The van der Waals surface area contributed by atoms with Gasteiger partial charge < -0.3 is 19.8 Å². The number of halogens is 2. The van der Waals surface area contributed by atoms with Gasteiger partial charge in [-0.1, -0.05) is 23.7 Å². The van der Waals surface area contributed by atoms with Crippen molar-refractivity contribution in [2.75, 3.05) is 19.7 Å². The summed E-state index contributed by atoms with van der Waals surface area (Å²) in [6, 6.07) is 5.40. The lowest BCUT2D eigenvalue weighted by atomic mass is 10.1. The van der Waals surface area contributed by atoms with Crippen molar-refractivity contribution in [1.82, 2.24) is 4.90 Å². The van der Waals surface area contributed by atoms with E-state index in [-0.39, 0.29) is 19.7 Å². The second-order valence-corrected chi connectivity index (χ2v) is 7.42. The highest BCUT2D eigenvalue weighted by Crippen LogP contribution is 2.27. The van der Waals surface area contributed by atoms with Crippen LogP contribution >= 0.6 is 27.5 Å². The van der Waals surface area contributed by atoms with Gasteiger partial charge in [0.05, 0.1) is 24.3 Å². The molecule has 1 rings (SSSR count). The molecular weight excluding hydrogens is 386 g/mol. The minimum absolute atomic E-state index is 0.0639. The maximum Gasteiger partial charge on any atom is 0.410 e. The van der Waals surface area contributed by atoms with Gasteiger partial charge in [-0.3, -0.25) is 0 Å². The Hall–Kier alpha value is -0.820. The van der Waals surface area contributed by atoms with Gasteiger partial charge in [0.1, 0.15) is 5.60 Å². The van der Waals surface area contributed by atoms with Crippen LogP contribution in [0.5, 0.6) is 0 Å². The normalized spacial score (nSPS) is 12.8. The molecule has 0 saturated carbocycles. The molecule has 1 amide bonds. The van der Waals surface area contributed by atoms with Crippen molar-refractivity contribution in [3.05, 3.63) is 33.3 Å². The molecule has 23 heavy (non-hydrogen) atoms. The quantitative estimate of drug-likeness (QED) is 0.758. The van der Waals surface area contributed by atoms with Crippen molar-refractivity contribution in [1.29, 1.82) is 0 Å². The van der Waals surface area contributed by atoms with Crippen LogP contribution < -0.4 is 0 Å². The van der Waals surface area contributed by atoms with Gasteiger partial charge in [0.25, 0.3) is 0 Å². The summed E-state index contributed by atoms with van der Waals surface area (Å²) in [5.41, 5.74) is 0.212. The number of carbonyl (C=O) groups is 1. The molecule has 1 unspecified atom stereocenters. The molecule has 0 spiro atoms. The number of ether oxygens (including phenoxy) is 1. The smallest absolute Gasteiger partial charge is 0.410 e. The fourth-order valence-corrected chi connectivity index (χ4v) is 2.60. The summed E-state index contributed by atoms with van der Waals surface area (Å²) >= 11 is 9.42. The number of aliphatic hydroxyl groups excluding tert-OH is 2. The maximum atomic E-state index is 12.1. The number of benzene rings is 1. The second kappa shape index (κ2) is 8.87. The first-order valence-electron chi connectivity index (χ1n) is 7.33. The molecular formula is C16H23BrClNO4. The predicted molar refractivity (Wildman–Crippen MR) is 93.8 cm³/mol. The SMILES string of the molecule is CC(C)(C)OC(=O)N(CCO)CC(O)Cc1cccc(Cl)c1Br. The zero-order chi connectivity index (χ0) is 17.6. The molecule has 0 radical (unpaired) electrons. The Balaban J connectivity index is 2.72. The summed E-state index contributed by atoms with van der Waals surface area (Å²) in [5, 5.41) is 19.9. The number of hydrogen-bond donors (Lipinski definition) is 2. The Labute approximate surface area is 150 Å². The van der Waals surface area contributed by atoms with Crippen molar-refractivity contribution in [2.45, 2.75) is 38.9 Å². The van der Waals surface area contributed by atoms with E-state index in [1.54, 1.807) is 32.9 Å². The van der Waals surface area contributed by atoms with Crippen LogP contribution in [0.1, 0.15) is 26.3 Å². The molecule has 130 valence electrons. The lowest BCUT2D eigenvalue weighted by Crippen LogP contribution is -2.43. The Morgan fingerprint density at radius 3 is 2.65 bits per heavy atom. The zero-order valence-corrected chi connectivity index (χ0v) is 15.9. The van der Waals surface area contributed by atoms with E-state index in [4.69, 9.17) is 21.4 Å². The van der Waals surface area contributed by atoms with Crippen LogP contribution in [0.4, 0.5) is 4.79 Å². The molecule has 1 aromatic carbocycles. The van der Waals surface area contributed by atoms with E-state index < -0.39 is 17.8 Å². The van der Waals surface area contributed by atoms with Crippen molar-refractivity contribution in [3.63, 3.8) is 0 Å². The van der Waals surface area contributed by atoms with E-state index in [1.807, 2.05) is 6.07 Å². The predicted octanol–water partition coefficient (Wildman–Crippen LogP) is 3.24. The minimum Gasteiger partial charge on any atom is -0.444 e. The molecule has 0 saturated heterocycles. The monoisotopic (exact) mass is 407 g/mol. The van der Waals surface area contributed by atoms with Crippen LogP contribution in [0.15, 0.2) is 22.7 Å². The lowest BCUT2D eigenvalue weighted by molar-refractivity contribution is 0.0111. The van der Waals surface area contributed by atoms with Crippen molar-refractivity contribution in [2.24, 2.45) is 0 Å². The molecule has 1 atom stereocenters. The van der Waals surface area contributed by atoms with Crippen LogP contribution in [0, 0.1) is 0 Å². The summed E-state index contributed by atoms with van der Waals surface area (Å²) in [4.78, 5) is 13.4. The Bertz CT molecular complexity index is 533. The topological polar surface area (TPSA) is 70.0 Å². The van der Waals surface area contributed by atoms with E-state index in [0.29, 0.717) is 11.4 Å². The third-order valence-corrected chi connectivity index (χ3v) is 4.42. The van der Waals surface area contributed by atoms with E-state index in [0.717, 1.165) is 10.0 Å². The van der Waals surface area contributed by atoms with Gasteiger partial charge >= 0.3 is 6.09 Å². The number of hydrogen-bond acceptors (Lipinski definition) is 4. The van der Waals surface area contributed by atoms with E-state index in [9.17, 15) is 9.90 Å². The van der Waals surface area contributed by atoms with Gasteiger partial charge in [0, 0.05) is 17.4 Å². The summed E-state index contributed by atoms with van der Waals surface area (Å²) in [6.07, 6.45) is -1.04. The summed E-state index contributed by atoms with van der Waals surface area (Å²) in [7, 11) is 0. The average Bonchev–Trinajstić information content (AvgIpc) is 2.41. The molecule has 7 heteroatoms. The maximum absolute atomic E-state index is 12.1. The molecule has 0 aromatic heterocycles. The van der Waals surface area contributed by atoms with Gasteiger partial charge in [0.2, 0.25) is 0 Å². The van der Waals surface area contributed by atoms with Gasteiger partial charge in [-0.05, 0) is 48.3 Å². The Kier molecular flexibility index (Phi) is 7.80. The van der Waals surface area contributed by atoms with Crippen molar-refractivity contribution in [3.8, 4) is 0 Å². The molecule has 0 aliphatic rings. The van der Waals surface area contributed by atoms with E-state index in [2.05, 4.69) is 15.9 Å². The molecule has 0 aliphatic heterocycles. The molecule has 0 heterocycles. The molecule has 1 aromatic rings. The third-order valence-electron chi connectivity index (χ3n) is 2.94. The molecule has 0 bridgehead atoms. The largest absolute Gasteiger partial charge is 0.444 e. The Morgan fingerprint density at radius 2 is 2.09 bits per heavy atom. The molecule has 0 fully saturated rings. The first kappa shape index (κ1) is 20.2. The van der Waals surface area contributed by atoms with Crippen LogP contribution in [-0.4, -0.2) is 52.6 Å². The summed E-state index contributed by atoms with van der Waals surface area (Å²) in [6.45, 7) is 5.26. The molecule has 0 aliphatic carbocycles. The van der Waals surface area contributed by atoms with Crippen LogP contribution in [0.3, 0.4) is 0 Å². The highest BCUT2D eigenvalue weighted by Gasteiger charge is 2.24. The highest BCUT2D eigenvalue weighted by atomic mass is 79.9. The van der Waals surface area contributed by atoms with Crippen molar-refractivity contribution < 1.29 is 19.7 Å². The molecule has 2 N–H and O–H groups in total. The first-order valence-corrected chi connectivity index (χ1v) is 8.51. The lowest BCUT2D eigenvalue weighted by Gasteiger charge is -2.28. The fourth-order valence-electron chi connectivity index (χ4n) is 1.98. The van der Waals surface area contributed by atoms with Crippen molar-refractivity contribution >= 4 is 33.6 Å². The Morgan fingerprint density at radius 1 is 1.43 bits per heavy atom. The van der Waals surface area contributed by atoms with E-state index in [1.165, 1.54) is 4.90 Å². The first-order chi connectivity index (χ1) is 10.6. The van der Waals surface area contributed by atoms with Crippen LogP contribution in [-0.2, 0) is 11.2 Å². The van der Waals surface area contributed by atoms with Crippen LogP contribution in [0.2, 0.25) is 5.02 Å². The highest BCUT2D eigenvalue weighted by molar-refractivity contribution is 9.10. The number of aliphatic hydroxyl groups is 2. The number of carbonyl (C=O) groups excluding carboxylic acids is 1.